The minimum atomic E-state index is -0.878. The van der Waals surface area contributed by atoms with Crippen molar-refractivity contribution in [3.8, 4) is 0 Å². The van der Waals surface area contributed by atoms with E-state index in [0.29, 0.717) is 0 Å². The number of H-pyrrole nitrogens is 1. The van der Waals surface area contributed by atoms with Crippen LogP contribution in [0.3, 0.4) is 0 Å². The van der Waals surface area contributed by atoms with Crippen LogP contribution in [0.25, 0.3) is 10.9 Å². The Balaban J connectivity index is 2.73. The van der Waals surface area contributed by atoms with Gasteiger partial charge in [-0.15, -0.1) is 0 Å². The average Bonchev–Trinajstić information content (AvgIpc) is 2.56. The number of nitrogens with one attached hydrogen (secondary N) is 1. The molecule has 0 aliphatic rings. The number of carbonyl (C=O) groups is 1. The van der Waals surface area contributed by atoms with Gasteiger partial charge in [-0.2, -0.15) is 0 Å². The number of rotatable bonds is 2. The molecule has 0 amide bonds. The second-order valence-corrected chi connectivity index (χ2v) is 4.65. The van der Waals surface area contributed by atoms with Gasteiger partial charge in [0.2, 0.25) is 0 Å². The average molecular weight is 217 g/mol. The second-order valence-electron chi connectivity index (χ2n) is 4.65. The van der Waals surface area contributed by atoms with Crippen molar-refractivity contribution in [2.24, 2.45) is 0 Å². The first kappa shape index (κ1) is 10.7. The van der Waals surface area contributed by atoms with Crippen LogP contribution in [0.4, 0.5) is 0 Å². The minimum absolute atomic E-state index is 0.813. The van der Waals surface area contributed by atoms with Crippen LogP contribution in [0.5, 0.6) is 0 Å². The summed E-state index contributed by atoms with van der Waals surface area (Å²) in [5.74, 6) is -0.813. The maximum absolute atomic E-state index is 11.3. The lowest BCUT2D eigenvalue weighted by atomic mass is 9.84. The van der Waals surface area contributed by atoms with Crippen molar-refractivity contribution < 1.29 is 9.90 Å². The molecule has 2 N–H and O–H groups in total. The first-order valence-corrected chi connectivity index (χ1v) is 5.25. The topological polar surface area (TPSA) is 53.1 Å². The molecule has 0 fully saturated rings. The zero-order chi connectivity index (χ0) is 11.9. The molecule has 84 valence electrons. The fourth-order valence-electron chi connectivity index (χ4n) is 1.93. The van der Waals surface area contributed by atoms with Gasteiger partial charge in [0.15, 0.2) is 0 Å². The number of hydrogen-bond donors (Lipinski definition) is 2. The van der Waals surface area contributed by atoms with E-state index in [9.17, 15) is 9.90 Å². The summed E-state index contributed by atoms with van der Waals surface area (Å²) in [6.45, 7) is 5.41. The molecule has 0 unspecified atom stereocenters. The van der Waals surface area contributed by atoms with Crippen molar-refractivity contribution in [2.45, 2.75) is 26.2 Å². The highest BCUT2D eigenvalue weighted by molar-refractivity contribution is 5.91. The number of hydrogen-bond acceptors (Lipinski definition) is 1. The molecule has 0 saturated carbocycles. The van der Waals surface area contributed by atoms with Crippen LogP contribution < -0.4 is 0 Å². The molecular formula is C13H15NO2. The van der Waals surface area contributed by atoms with Gasteiger partial charge >= 0.3 is 5.97 Å². The molecule has 0 aliphatic carbocycles. The van der Waals surface area contributed by atoms with E-state index >= 15 is 0 Å². The summed E-state index contributed by atoms with van der Waals surface area (Å²) in [6, 6.07) is 7.78. The van der Waals surface area contributed by atoms with E-state index in [-0.39, 0.29) is 0 Å². The predicted octanol–water partition coefficient (Wildman–Crippen LogP) is 2.84. The van der Waals surface area contributed by atoms with E-state index in [4.69, 9.17) is 0 Å². The molecule has 2 aromatic rings. The molecule has 1 aromatic carbocycles. The molecule has 2 rings (SSSR count). The van der Waals surface area contributed by atoms with Crippen molar-refractivity contribution in [2.75, 3.05) is 0 Å². The molecule has 1 aromatic heterocycles. The van der Waals surface area contributed by atoms with Gasteiger partial charge in [0, 0.05) is 11.2 Å². The monoisotopic (exact) mass is 217 g/mol. The molecule has 0 spiro atoms. The van der Waals surface area contributed by atoms with Crippen LogP contribution >= 0.6 is 0 Å². The number of aryl methyl sites for hydroxylation is 1. The Morgan fingerprint density at radius 2 is 2.06 bits per heavy atom. The van der Waals surface area contributed by atoms with Crippen LogP contribution in [0.15, 0.2) is 24.3 Å². The molecule has 16 heavy (non-hydrogen) atoms. The maximum Gasteiger partial charge on any atom is 0.313 e. The lowest BCUT2D eigenvalue weighted by molar-refractivity contribution is -0.142. The van der Waals surface area contributed by atoms with E-state index in [1.54, 1.807) is 13.8 Å². The number of para-hydroxylation sites is 1. The first-order valence-electron chi connectivity index (χ1n) is 5.25. The third-order valence-electron chi connectivity index (χ3n) is 3.00. The summed E-state index contributed by atoms with van der Waals surface area (Å²) in [5.41, 5.74) is 1.92. The second kappa shape index (κ2) is 3.37. The third-order valence-corrected chi connectivity index (χ3v) is 3.00. The van der Waals surface area contributed by atoms with Gasteiger partial charge in [-0.1, -0.05) is 18.2 Å². The normalized spacial score (nSPS) is 11.9. The van der Waals surface area contributed by atoms with Crippen molar-refractivity contribution in [3.63, 3.8) is 0 Å². The summed E-state index contributed by atoms with van der Waals surface area (Å²) in [6.07, 6.45) is 0. The molecular weight excluding hydrogens is 202 g/mol. The Labute approximate surface area is 94.1 Å². The maximum atomic E-state index is 11.3. The van der Waals surface area contributed by atoms with Crippen molar-refractivity contribution >= 4 is 16.9 Å². The number of aromatic amines is 1. The summed E-state index contributed by atoms with van der Waals surface area (Å²) >= 11 is 0. The number of aliphatic carboxylic acids is 1. The minimum Gasteiger partial charge on any atom is -0.481 e. The predicted molar refractivity (Wildman–Crippen MR) is 63.7 cm³/mol. The highest BCUT2D eigenvalue weighted by atomic mass is 16.4. The molecule has 1 heterocycles. The fraction of sp³-hybridized carbons (Fsp3) is 0.308. The Bertz CT molecular complexity index is 552. The Hall–Kier alpha value is -1.77. The van der Waals surface area contributed by atoms with Crippen LogP contribution in [0.1, 0.15) is 25.1 Å². The van der Waals surface area contributed by atoms with E-state index in [2.05, 4.69) is 4.98 Å². The molecule has 0 aliphatic heterocycles. The van der Waals surface area contributed by atoms with Crippen LogP contribution in [-0.2, 0) is 10.2 Å². The molecule has 0 saturated heterocycles. The summed E-state index contributed by atoms with van der Waals surface area (Å²) in [4.78, 5) is 14.5. The zero-order valence-corrected chi connectivity index (χ0v) is 9.66. The number of fused-ring (bicyclic) bond motifs is 1. The number of aromatic nitrogens is 1. The van der Waals surface area contributed by atoms with Gasteiger partial charge in [-0.05, 0) is 37.8 Å². The van der Waals surface area contributed by atoms with Crippen molar-refractivity contribution in [1.29, 1.82) is 0 Å². The molecule has 0 radical (unpaired) electrons. The smallest absolute Gasteiger partial charge is 0.313 e. The number of benzene rings is 1. The van der Waals surface area contributed by atoms with Crippen LogP contribution in [0, 0.1) is 6.92 Å². The van der Waals surface area contributed by atoms with Crippen LogP contribution in [0.2, 0.25) is 0 Å². The summed E-state index contributed by atoms with van der Waals surface area (Å²) in [7, 11) is 0. The Kier molecular flexibility index (Phi) is 2.26. The lowest BCUT2D eigenvalue weighted by Crippen LogP contribution is -2.28. The van der Waals surface area contributed by atoms with E-state index < -0.39 is 11.4 Å². The SMILES string of the molecule is Cc1cc2cccc(C(C)(C)C(=O)O)c2[nH]1. The molecule has 3 heteroatoms. The Morgan fingerprint density at radius 3 is 2.69 bits per heavy atom. The lowest BCUT2D eigenvalue weighted by Gasteiger charge is -2.20. The van der Waals surface area contributed by atoms with Gasteiger partial charge < -0.3 is 10.1 Å². The van der Waals surface area contributed by atoms with Crippen molar-refractivity contribution in [1.82, 2.24) is 4.98 Å². The van der Waals surface area contributed by atoms with E-state index in [1.165, 1.54) is 0 Å². The summed E-state index contributed by atoms with van der Waals surface area (Å²) < 4.78 is 0. The van der Waals surface area contributed by atoms with Gasteiger partial charge in [-0.25, -0.2) is 0 Å². The molecule has 0 atom stereocenters. The van der Waals surface area contributed by atoms with E-state index in [0.717, 1.165) is 22.2 Å². The third kappa shape index (κ3) is 1.48. The number of carboxylic acid groups (broad SMARTS) is 1. The first-order chi connectivity index (χ1) is 7.43. The van der Waals surface area contributed by atoms with Gasteiger partial charge in [0.25, 0.3) is 0 Å². The van der Waals surface area contributed by atoms with Gasteiger partial charge in [0.05, 0.1) is 5.41 Å². The summed E-state index contributed by atoms with van der Waals surface area (Å²) in [5, 5.41) is 10.3. The Morgan fingerprint density at radius 1 is 1.38 bits per heavy atom. The quantitative estimate of drug-likeness (QED) is 0.812. The van der Waals surface area contributed by atoms with E-state index in [1.807, 2.05) is 31.2 Å². The number of carboxylic acids is 1. The van der Waals surface area contributed by atoms with Crippen molar-refractivity contribution in [3.05, 3.63) is 35.5 Å². The fourth-order valence-corrected chi connectivity index (χ4v) is 1.93. The highest BCUT2D eigenvalue weighted by Crippen LogP contribution is 2.30. The van der Waals surface area contributed by atoms with Gasteiger partial charge in [-0.3, -0.25) is 4.79 Å². The standard InChI is InChI=1S/C13H15NO2/c1-8-7-9-5-4-6-10(11(9)14-8)13(2,3)12(15)16/h4-7,14H,1-3H3,(H,15,16). The highest BCUT2D eigenvalue weighted by Gasteiger charge is 2.31. The molecule has 3 nitrogen and oxygen atoms in total. The van der Waals surface area contributed by atoms with Crippen LogP contribution in [-0.4, -0.2) is 16.1 Å². The van der Waals surface area contributed by atoms with Gasteiger partial charge in [0.1, 0.15) is 0 Å². The largest absolute Gasteiger partial charge is 0.481 e. The zero-order valence-electron chi connectivity index (χ0n) is 9.66. The molecule has 0 bridgehead atoms.